The second-order valence-electron chi connectivity index (χ2n) is 8.79. The van der Waals surface area contributed by atoms with Crippen LogP contribution in [0.15, 0.2) is 41.5 Å². The Morgan fingerprint density at radius 1 is 1.18 bits per heavy atom. The van der Waals surface area contributed by atoms with E-state index in [4.69, 9.17) is 4.74 Å². The third-order valence-corrected chi connectivity index (χ3v) is 5.96. The van der Waals surface area contributed by atoms with Gasteiger partial charge >= 0.3 is 6.01 Å². The molecule has 176 valence electrons. The van der Waals surface area contributed by atoms with Crippen molar-refractivity contribution in [3.8, 4) is 17.3 Å². The van der Waals surface area contributed by atoms with Gasteiger partial charge in [-0.1, -0.05) is 0 Å². The van der Waals surface area contributed by atoms with E-state index in [1.54, 1.807) is 12.3 Å². The summed E-state index contributed by atoms with van der Waals surface area (Å²) in [5.74, 6) is -0.253. The van der Waals surface area contributed by atoms with Crippen LogP contribution in [-0.4, -0.2) is 32.5 Å². The fourth-order valence-corrected chi connectivity index (χ4v) is 4.31. The molecule has 0 bridgehead atoms. The number of H-pyrrole nitrogens is 1. The number of ether oxygens (including phenoxy) is 1. The molecule has 1 aromatic carbocycles. The van der Waals surface area contributed by atoms with E-state index in [2.05, 4.69) is 44.9 Å². The Bertz CT molecular complexity index is 1450. The lowest BCUT2D eigenvalue weighted by molar-refractivity contribution is 0.0952. The van der Waals surface area contributed by atoms with Gasteiger partial charge < -0.3 is 19.6 Å². The average molecular weight is 460 g/mol. The first-order valence-electron chi connectivity index (χ1n) is 11.2. The fraction of sp³-hybridized carbons (Fsp3) is 0.308. The van der Waals surface area contributed by atoms with Crippen LogP contribution in [0.4, 0.5) is 0 Å². The number of methoxy groups -OCH3 is 1. The Labute approximate surface area is 198 Å². The maximum Gasteiger partial charge on any atom is 0.316 e. The zero-order chi connectivity index (χ0) is 24.6. The molecule has 0 unspecified atom stereocenters. The van der Waals surface area contributed by atoms with Crippen molar-refractivity contribution in [2.24, 2.45) is 0 Å². The van der Waals surface area contributed by atoms with E-state index in [1.165, 1.54) is 7.11 Å². The molecule has 0 aliphatic carbocycles. The molecule has 4 rings (SSSR count). The third-order valence-electron chi connectivity index (χ3n) is 5.96. The number of nitrogens with zero attached hydrogens (tertiary/aromatic N) is 3. The number of carbonyl (C=O) groups excluding carboxylic acids is 1. The smallest absolute Gasteiger partial charge is 0.316 e. The molecule has 8 nitrogen and oxygen atoms in total. The number of aryl methyl sites for hydroxylation is 3. The number of aromatic amines is 1. The van der Waals surface area contributed by atoms with Crippen molar-refractivity contribution in [2.45, 2.75) is 47.2 Å². The van der Waals surface area contributed by atoms with Crippen LogP contribution in [0.25, 0.3) is 22.2 Å². The van der Waals surface area contributed by atoms with Gasteiger partial charge in [0.25, 0.3) is 11.5 Å². The van der Waals surface area contributed by atoms with Gasteiger partial charge in [-0.2, -0.15) is 4.98 Å². The SMILES string of the molecule is COc1nccc(-c2cc(C(=O)NCc3c(C)cc(C)[nH]c3=O)c3c(C)cn(C(C)C)c3c2)n1. The fourth-order valence-electron chi connectivity index (χ4n) is 4.31. The molecule has 0 aliphatic heterocycles. The molecular formula is C26H29N5O3. The molecule has 0 saturated heterocycles. The van der Waals surface area contributed by atoms with Crippen LogP contribution in [0.1, 0.15) is 52.6 Å². The minimum Gasteiger partial charge on any atom is -0.467 e. The van der Waals surface area contributed by atoms with Gasteiger partial charge in [-0.3, -0.25) is 9.59 Å². The zero-order valence-electron chi connectivity index (χ0n) is 20.3. The molecule has 1 amide bonds. The van der Waals surface area contributed by atoms with Crippen molar-refractivity contribution < 1.29 is 9.53 Å². The molecule has 3 heterocycles. The van der Waals surface area contributed by atoms with Crippen molar-refractivity contribution in [2.75, 3.05) is 7.11 Å². The van der Waals surface area contributed by atoms with Crippen LogP contribution in [0.5, 0.6) is 6.01 Å². The van der Waals surface area contributed by atoms with Crippen molar-refractivity contribution >= 4 is 16.8 Å². The van der Waals surface area contributed by atoms with E-state index < -0.39 is 0 Å². The summed E-state index contributed by atoms with van der Waals surface area (Å²) >= 11 is 0. The number of pyridine rings is 1. The molecule has 0 saturated carbocycles. The van der Waals surface area contributed by atoms with Gasteiger partial charge in [-0.05, 0) is 70.0 Å². The summed E-state index contributed by atoms with van der Waals surface area (Å²) < 4.78 is 7.34. The highest BCUT2D eigenvalue weighted by Gasteiger charge is 2.20. The molecule has 3 aromatic heterocycles. The Hall–Kier alpha value is -3.94. The average Bonchev–Trinajstić information content (AvgIpc) is 3.14. The second-order valence-corrected chi connectivity index (χ2v) is 8.79. The van der Waals surface area contributed by atoms with Gasteiger partial charge in [-0.25, -0.2) is 4.98 Å². The summed E-state index contributed by atoms with van der Waals surface area (Å²) in [4.78, 5) is 37.2. The van der Waals surface area contributed by atoms with Gasteiger partial charge in [0.05, 0.1) is 12.8 Å². The molecule has 2 N–H and O–H groups in total. The Kier molecular flexibility index (Phi) is 6.24. The van der Waals surface area contributed by atoms with Crippen molar-refractivity contribution in [3.05, 3.63) is 75.0 Å². The molecule has 0 atom stereocenters. The number of hydrogen-bond donors (Lipinski definition) is 2. The van der Waals surface area contributed by atoms with Crippen molar-refractivity contribution in [3.63, 3.8) is 0 Å². The van der Waals surface area contributed by atoms with E-state index in [-0.39, 0.29) is 30.1 Å². The quantitative estimate of drug-likeness (QED) is 0.449. The number of carbonyl (C=O) groups is 1. The molecule has 34 heavy (non-hydrogen) atoms. The molecule has 0 radical (unpaired) electrons. The van der Waals surface area contributed by atoms with Crippen LogP contribution in [0, 0.1) is 20.8 Å². The first kappa shape index (κ1) is 23.2. The highest BCUT2D eigenvalue weighted by atomic mass is 16.5. The number of hydrogen-bond acceptors (Lipinski definition) is 5. The summed E-state index contributed by atoms with van der Waals surface area (Å²) in [6.07, 6.45) is 3.69. The summed E-state index contributed by atoms with van der Waals surface area (Å²) in [5.41, 5.74) is 5.90. The van der Waals surface area contributed by atoms with Crippen LogP contribution in [0.3, 0.4) is 0 Å². The van der Waals surface area contributed by atoms with Gasteiger partial charge in [-0.15, -0.1) is 0 Å². The monoisotopic (exact) mass is 459 g/mol. The third kappa shape index (κ3) is 4.31. The van der Waals surface area contributed by atoms with Gasteiger partial charge in [0.1, 0.15) is 0 Å². The number of amides is 1. The van der Waals surface area contributed by atoms with E-state index in [1.807, 2.05) is 39.0 Å². The normalized spacial score (nSPS) is 11.3. The number of rotatable bonds is 6. The molecule has 8 heteroatoms. The number of nitrogens with one attached hydrogen (secondary N) is 2. The van der Waals surface area contributed by atoms with Gasteiger partial charge in [0.2, 0.25) is 0 Å². The van der Waals surface area contributed by atoms with Crippen molar-refractivity contribution in [1.29, 1.82) is 0 Å². The van der Waals surface area contributed by atoms with Crippen LogP contribution in [-0.2, 0) is 6.54 Å². The Morgan fingerprint density at radius 3 is 2.62 bits per heavy atom. The number of benzene rings is 1. The highest BCUT2D eigenvalue weighted by molar-refractivity contribution is 6.09. The molecular weight excluding hydrogens is 430 g/mol. The Balaban J connectivity index is 1.82. The van der Waals surface area contributed by atoms with E-state index in [9.17, 15) is 9.59 Å². The Morgan fingerprint density at radius 2 is 1.94 bits per heavy atom. The summed E-state index contributed by atoms with van der Waals surface area (Å²) in [5, 5.41) is 3.83. The zero-order valence-corrected chi connectivity index (χ0v) is 20.3. The number of aromatic nitrogens is 4. The summed E-state index contributed by atoms with van der Waals surface area (Å²) in [6.45, 7) is 10.1. The standard InChI is InChI=1S/C26H29N5O3/c1-14(2)31-13-16(4)23-19(24(32)28-12-20-15(3)9-17(5)29-25(20)33)10-18(11-22(23)31)21-7-8-27-26(30-21)34-6/h7-11,13-14H,12H2,1-6H3,(H,28,32)(H,29,33). The van der Waals surface area contributed by atoms with E-state index in [0.717, 1.165) is 33.3 Å². The molecule has 4 aromatic rings. The van der Waals surface area contributed by atoms with E-state index >= 15 is 0 Å². The minimum atomic E-state index is -0.253. The van der Waals surface area contributed by atoms with Crippen molar-refractivity contribution in [1.82, 2.24) is 24.8 Å². The lowest BCUT2D eigenvalue weighted by Crippen LogP contribution is -2.28. The maximum absolute atomic E-state index is 13.5. The predicted molar refractivity (Wildman–Crippen MR) is 132 cm³/mol. The van der Waals surface area contributed by atoms with E-state index in [0.29, 0.717) is 16.8 Å². The summed E-state index contributed by atoms with van der Waals surface area (Å²) in [7, 11) is 1.52. The second kappa shape index (κ2) is 9.13. The van der Waals surface area contributed by atoms with Crippen LogP contribution >= 0.6 is 0 Å². The minimum absolute atomic E-state index is 0.136. The molecule has 0 aliphatic rings. The molecule has 0 fully saturated rings. The maximum atomic E-state index is 13.5. The predicted octanol–water partition coefficient (Wildman–Crippen LogP) is 4.23. The lowest BCUT2D eigenvalue weighted by atomic mass is 10.0. The first-order valence-corrected chi connectivity index (χ1v) is 11.2. The highest BCUT2D eigenvalue weighted by Crippen LogP contribution is 2.32. The van der Waals surface area contributed by atoms with Gasteiger partial charge in [0.15, 0.2) is 0 Å². The summed E-state index contributed by atoms with van der Waals surface area (Å²) in [6, 6.07) is 8.02. The number of fused-ring (bicyclic) bond motifs is 1. The topological polar surface area (TPSA) is 102 Å². The van der Waals surface area contributed by atoms with Crippen LogP contribution < -0.4 is 15.6 Å². The largest absolute Gasteiger partial charge is 0.467 e. The first-order chi connectivity index (χ1) is 16.2. The van der Waals surface area contributed by atoms with Gasteiger partial charge in [0, 0.05) is 58.3 Å². The van der Waals surface area contributed by atoms with Crippen LogP contribution in [0.2, 0.25) is 0 Å². The molecule has 0 spiro atoms. The lowest BCUT2D eigenvalue weighted by Gasteiger charge is -2.14.